The highest BCUT2D eigenvalue weighted by molar-refractivity contribution is 7.94. The molecule has 1 rings (SSSR count). The first-order valence-electron chi connectivity index (χ1n) is 2.62. The van der Waals surface area contributed by atoms with E-state index in [0.29, 0.717) is 0 Å². The van der Waals surface area contributed by atoms with Crippen LogP contribution in [0.4, 0.5) is 0 Å². The molecule has 0 bridgehead atoms. The minimum Gasteiger partial charge on any atom is -0.209 e. The molecule has 0 aromatic carbocycles. The Morgan fingerprint density at radius 2 is 2.33 bits per heavy atom. The summed E-state index contributed by atoms with van der Waals surface area (Å²) < 4.78 is 0. The number of pyridine rings is 1. The summed E-state index contributed by atoms with van der Waals surface area (Å²) in [6.45, 7) is 0. The third-order valence-corrected chi connectivity index (χ3v) is 1.87. The molecule has 0 aliphatic heterocycles. The first-order valence-corrected chi connectivity index (χ1v) is 4.31. The number of hydrogen-bond acceptors (Lipinski definition) is 2. The van der Waals surface area contributed by atoms with Crippen molar-refractivity contribution in [2.45, 2.75) is 5.03 Å². The van der Waals surface area contributed by atoms with Crippen molar-refractivity contribution in [1.82, 2.24) is 4.98 Å². The molecule has 48 valence electrons. The van der Waals surface area contributed by atoms with E-state index >= 15 is 0 Å². The van der Waals surface area contributed by atoms with Gasteiger partial charge in [-0.25, -0.2) is 4.98 Å². The maximum Gasteiger partial charge on any atom is 0.266 e. The molecule has 0 saturated carbocycles. The van der Waals surface area contributed by atoms with Crippen LogP contribution in [0, 0.1) is 0 Å². The SMILES string of the molecule is C[S+](N)c1ccccn1. The summed E-state index contributed by atoms with van der Waals surface area (Å²) in [6.07, 6.45) is 3.70. The molecule has 0 saturated heterocycles. The quantitative estimate of drug-likeness (QED) is 0.580. The fourth-order valence-electron chi connectivity index (χ4n) is 0.538. The molecule has 0 fully saturated rings. The van der Waals surface area contributed by atoms with Gasteiger partial charge in [0.15, 0.2) is 0 Å². The number of hydrogen-bond donors (Lipinski definition) is 1. The van der Waals surface area contributed by atoms with Gasteiger partial charge < -0.3 is 0 Å². The van der Waals surface area contributed by atoms with E-state index in [1.165, 1.54) is 0 Å². The topological polar surface area (TPSA) is 38.9 Å². The van der Waals surface area contributed by atoms with Crippen molar-refractivity contribution < 1.29 is 0 Å². The van der Waals surface area contributed by atoms with Crippen LogP contribution < -0.4 is 5.14 Å². The van der Waals surface area contributed by atoms with Crippen molar-refractivity contribution >= 4 is 11.1 Å². The zero-order valence-corrected chi connectivity index (χ0v) is 6.06. The van der Waals surface area contributed by atoms with E-state index in [9.17, 15) is 0 Å². The highest BCUT2D eigenvalue weighted by Gasteiger charge is 2.07. The van der Waals surface area contributed by atoms with E-state index in [2.05, 4.69) is 4.98 Å². The highest BCUT2D eigenvalue weighted by atomic mass is 32.2. The van der Waals surface area contributed by atoms with E-state index in [4.69, 9.17) is 5.14 Å². The zero-order valence-electron chi connectivity index (χ0n) is 5.24. The zero-order chi connectivity index (χ0) is 6.69. The highest BCUT2D eigenvalue weighted by Crippen LogP contribution is 1.98. The van der Waals surface area contributed by atoms with E-state index in [-0.39, 0.29) is 11.1 Å². The molecule has 9 heavy (non-hydrogen) atoms. The molecule has 0 aliphatic rings. The van der Waals surface area contributed by atoms with E-state index in [1.54, 1.807) is 6.20 Å². The largest absolute Gasteiger partial charge is 0.266 e. The lowest BCUT2D eigenvalue weighted by atomic mass is 10.5. The van der Waals surface area contributed by atoms with Crippen LogP contribution in [-0.2, 0) is 11.1 Å². The van der Waals surface area contributed by atoms with Crippen LogP contribution in [0.1, 0.15) is 0 Å². The van der Waals surface area contributed by atoms with Gasteiger partial charge >= 0.3 is 0 Å². The molecule has 1 heterocycles. The first-order chi connectivity index (χ1) is 4.30. The molecule has 0 radical (unpaired) electrons. The molecule has 2 nitrogen and oxygen atoms in total. The van der Waals surface area contributed by atoms with Gasteiger partial charge in [0.05, 0.1) is 0 Å². The predicted octanol–water partition coefficient (Wildman–Crippen LogP) is 0.562. The summed E-state index contributed by atoms with van der Waals surface area (Å²) in [4.78, 5) is 4.07. The smallest absolute Gasteiger partial charge is 0.209 e. The van der Waals surface area contributed by atoms with Crippen LogP contribution in [0.2, 0.25) is 0 Å². The lowest BCUT2D eigenvalue weighted by molar-refractivity contribution is 1.13. The Labute approximate surface area is 57.6 Å². The molecule has 1 aromatic rings. The van der Waals surface area contributed by atoms with E-state index < -0.39 is 0 Å². The molecule has 0 amide bonds. The normalized spacial score (nSPS) is 13.1. The average Bonchev–Trinajstić information content (AvgIpc) is 1.90. The van der Waals surface area contributed by atoms with Crippen molar-refractivity contribution in [3.8, 4) is 0 Å². The molecule has 0 spiro atoms. The van der Waals surface area contributed by atoms with Gasteiger partial charge in [0, 0.05) is 12.3 Å². The number of rotatable bonds is 1. The fraction of sp³-hybridized carbons (Fsp3) is 0.167. The third-order valence-electron chi connectivity index (χ3n) is 0.968. The van der Waals surface area contributed by atoms with E-state index in [0.717, 1.165) is 5.03 Å². The monoisotopic (exact) mass is 141 g/mol. The second-order valence-electron chi connectivity index (χ2n) is 1.73. The minimum absolute atomic E-state index is 0.190. The fourth-order valence-corrected chi connectivity index (χ4v) is 1.06. The summed E-state index contributed by atoms with van der Waals surface area (Å²) >= 11 is -0.190. The van der Waals surface area contributed by atoms with Gasteiger partial charge in [-0.05, 0) is 6.07 Å². The van der Waals surface area contributed by atoms with Gasteiger partial charge in [-0.15, -0.1) is 5.14 Å². The van der Waals surface area contributed by atoms with Crippen LogP contribution in [0.15, 0.2) is 29.4 Å². The number of nitrogens with two attached hydrogens (primary N) is 1. The van der Waals surface area contributed by atoms with Crippen molar-refractivity contribution in [2.24, 2.45) is 5.14 Å². The minimum atomic E-state index is -0.190. The van der Waals surface area contributed by atoms with Crippen molar-refractivity contribution in [3.63, 3.8) is 0 Å². The Hall–Kier alpha value is -0.540. The van der Waals surface area contributed by atoms with Gasteiger partial charge in [-0.1, -0.05) is 6.07 Å². The van der Waals surface area contributed by atoms with Crippen molar-refractivity contribution in [2.75, 3.05) is 6.26 Å². The summed E-state index contributed by atoms with van der Waals surface area (Å²) in [7, 11) is 0. The number of aromatic nitrogens is 1. The summed E-state index contributed by atoms with van der Waals surface area (Å²) in [5.41, 5.74) is 0. The maximum atomic E-state index is 5.58. The van der Waals surface area contributed by atoms with Crippen LogP contribution in [0.25, 0.3) is 0 Å². The van der Waals surface area contributed by atoms with Crippen LogP contribution in [0.5, 0.6) is 0 Å². The Bertz CT molecular complexity index is 174. The standard InChI is InChI=1S/C6H9N2S/c1-9(7)6-4-2-3-5-8-6/h2-5H,7H2,1H3/q+1. The Balaban J connectivity index is 2.85. The van der Waals surface area contributed by atoms with Crippen LogP contribution in [0.3, 0.4) is 0 Å². The predicted molar refractivity (Wildman–Crippen MR) is 40.0 cm³/mol. The first kappa shape index (κ1) is 6.58. The van der Waals surface area contributed by atoms with Gasteiger partial charge in [0.1, 0.15) is 17.3 Å². The summed E-state index contributed by atoms with van der Waals surface area (Å²) in [6, 6.07) is 5.76. The molecule has 0 aliphatic carbocycles. The van der Waals surface area contributed by atoms with Gasteiger partial charge in [-0.3, -0.25) is 0 Å². The summed E-state index contributed by atoms with van der Waals surface area (Å²) in [5.74, 6) is 0. The molecular weight excluding hydrogens is 132 g/mol. The second kappa shape index (κ2) is 2.85. The summed E-state index contributed by atoms with van der Waals surface area (Å²) in [5, 5.41) is 6.55. The van der Waals surface area contributed by atoms with E-state index in [1.807, 2.05) is 24.5 Å². The number of nitrogens with zero attached hydrogens (tertiary/aromatic N) is 1. The molecule has 2 N–H and O–H groups in total. The Kier molecular flexibility index (Phi) is 2.08. The van der Waals surface area contributed by atoms with Crippen LogP contribution in [-0.4, -0.2) is 11.2 Å². The lowest BCUT2D eigenvalue weighted by Gasteiger charge is -1.89. The van der Waals surface area contributed by atoms with Crippen molar-refractivity contribution in [1.29, 1.82) is 0 Å². The molecule has 1 unspecified atom stereocenters. The van der Waals surface area contributed by atoms with Gasteiger partial charge in [-0.2, -0.15) is 0 Å². The molecule has 1 atom stereocenters. The average molecular weight is 141 g/mol. The van der Waals surface area contributed by atoms with Gasteiger partial charge in [0.25, 0.3) is 5.03 Å². The Morgan fingerprint density at radius 1 is 1.56 bits per heavy atom. The van der Waals surface area contributed by atoms with Gasteiger partial charge in [0.2, 0.25) is 0 Å². The lowest BCUT2D eigenvalue weighted by Crippen LogP contribution is -2.11. The maximum absolute atomic E-state index is 5.58. The molecule has 1 aromatic heterocycles. The van der Waals surface area contributed by atoms with Crippen molar-refractivity contribution in [3.05, 3.63) is 24.4 Å². The Morgan fingerprint density at radius 3 is 2.67 bits per heavy atom. The molecular formula is C6H9N2S+. The molecule has 3 heteroatoms. The third kappa shape index (κ3) is 1.69. The van der Waals surface area contributed by atoms with Crippen LogP contribution >= 0.6 is 0 Å². The second-order valence-corrected chi connectivity index (χ2v) is 3.26.